The molecule has 0 aliphatic rings. The van der Waals surface area contributed by atoms with E-state index < -0.39 is 11.6 Å². The van der Waals surface area contributed by atoms with Gasteiger partial charge in [-0.2, -0.15) is 0 Å². The van der Waals surface area contributed by atoms with Gasteiger partial charge in [-0.3, -0.25) is 4.79 Å². The summed E-state index contributed by atoms with van der Waals surface area (Å²) in [6.07, 6.45) is 0. The number of benzene rings is 1. The number of esters is 1. The highest BCUT2D eigenvalue weighted by Gasteiger charge is 2.19. The van der Waals surface area contributed by atoms with Crippen LogP contribution in [0, 0.1) is 0 Å². The lowest BCUT2D eigenvalue weighted by molar-refractivity contribution is 0.00628. The molecule has 0 radical (unpaired) electrons. The number of hydrogen-bond acceptors (Lipinski definition) is 3. The molecule has 0 aliphatic carbocycles. The van der Waals surface area contributed by atoms with Crippen molar-refractivity contribution < 1.29 is 9.53 Å². The van der Waals surface area contributed by atoms with Crippen molar-refractivity contribution in [2.75, 3.05) is 0 Å². The van der Waals surface area contributed by atoms with Gasteiger partial charge in [0.25, 0.3) is 5.56 Å². The molecule has 0 saturated heterocycles. The summed E-state index contributed by atoms with van der Waals surface area (Å²) in [4.78, 5) is 26.2. The smallest absolute Gasteiger partial charge is 0.355 e. The van der Waals surface area contributed by atoms with Crippen LogP contribution in [-0.4, -0.2) is 16.6 Å². The molecule has 0 aliphatic heterocycles. The molecular formula is C14H15NO3. The molecule has 4 nitrogen and oxygen atoms in total. The molecule has 18 heavy (non-hydrogen) atoms. The number of H-pyrrole nitrogens is 1. The van der Waals surface area contributed by atoms with Crippen LogP contribution in [0.5, 0.6) is 0 Å². The van der Waals surface area contributed by atoms with E-state index in [0.717, 1.165) is 5.39 Å². The molecule has 0 saturated carbocycles. The Morgan fingerprint density at radius 1 is 1.22 bits per heavy atom. The summed E-state index contributed by atoms with van der Waals surface area (Å²) in [5.74, 6) is -0.523. The topological polar surface area (TPSA) is 59.2 Å². The van der Waals surface area contributed by atoms with Gasteiger partial charge < -0.3 is 9.72 Å². The first kappa shape index (κ1) is 12.4. The zero-order valence-electron chi connectivity index (χ0n) is 10.6. The summed E-state index contributed by atoms with van der Waals surface area (Å²) in [5, 5.41) is 1.28. The second-order valence-corrected chi connectivity index (χ2v) is 5.10. The van der Waals surface area contributed by atoms with Gasteiger partial charge in [0, 0.05) is 5.39 Å². The first-order valence-electron chi connectivity index (χ1n) is 5.72. The number of carbonyl (C=O) groups excluding carboxylic acids is 1. The van der Waals surface area contributed by atoms with E-state index in [-0.39, 0.29) is 11.3 Å². The lowest BCUT2D eigenvalue weighted by atomic mass is 10.1. The molecule has 4 heteroatoms. The van der Waals surface area contributed by atoms with E-state index in [1.54, 1.807) is 45.0 Å². The van der Waals surface area contributed by atoms with E-state index in [9.17, 15) is 9.59 Å². The summed E-state index contributed by atoms with van der Waals surface area (Å²) in [5.41, 5.74) is -0.692. The zero-order valence-corrected chi connectivity index (χ0v) is 10.6. The molecule has 1 heterocycles. The lowest BCUT2D eigenvalue weighted by Gasteiger charge is -2.19. The normalized spacial score (nSPS) is 11.5. The number of hydrogen-bond donors (Lipinski definition) is 1. The van der Waals surface area contributed by atoms with Crippen molar-refractivity contribution >= 4 is 16.7 Å². The molecular weight excluding hydrogens is 230 g/mol. The van der Waals surface area contributed by atoms with Gasteiger partial charge in [-0.25, -0.2) is 4.79 Å². The molecule has 1 aromatic carbocycles. The lowest BCUT2D eigenvalue weighted by Crippen LogP contribution is -2.25. The van der Waals surface area contributed by atoms with Crippen LogP contribution < -0.4 is 5.56 Å². The number of aromatic nitrogens is 1. The molecule has 1 aromatic heterocycles. The molecule has 2 rings (SSSR count). The molecule has 0 spiro atoms. The third kappa shape index (κ3) is 2.59. The second kappa shape index (κ2) is 4.29. The number of ether oxygens (including phenoxy) is 1. The Morgan fingerprint density at radius 2 is 1.89 bits per heavy atom. The average molecular weight is 245 g/mol. The minimum absolute atomic E-state index is 0.175. The third-order valence-corrected chi connectivity index (χ3v) is 2.37. The van der Waals surface area contributed by atoms with E-state index in [4.69, 9.17) is 4.74 Å². The maximum Gasteiger partial charge on any atom is 0.355 e. The monoisotopic (exact) mass is 245 g/mol. The molecule has 0 unspecified atom stereocenters. The Hall–Kier alpha value is -2.10. The van der Waals surface area contributed by atoms with Gasteiger partial charge in [-0.1, -0.05) is 18.2 Å². The Morgan fingerprint density at radius 3 is 2.56 bits per heavy atom. The fraction of sp³-hybridized carbons (Fsp3) is 0.286. The molecule has 2 aromatic rings. The third-order valence-electron chi connectivity index (χ3n) is 2.37. The highest BCUT2D eigenvalue weighted by Crippen LogP contribution is 2.14. The summed E-state index contributed by atoms with van der Waals surface area (Å²) in [6.45, 7) is 5.35. The maximum absolute atomic E-state index is 11.9. The summed E-state index contributed by atoms with van der Waals surface area (Å²) in [6, 6.07) is 8.74. The van der Waals surface area contributed by atoms with Crippen molar-refractivity contribution in [2.45, 2.75) is 26.4 Å². The highest BCUT2D eigenvalue weighted by atomic mass is 16.6. The van der Waals surface area contributed by atoms with Crippen LogP contribution in [0.25, 0.3) is 10.8 Å². The first-order chi connectivity index (χ1) is 8.37. The van der Waals surface area contributed by atoms with Crippen molar-refractivity contribution in [3.05, 3.63) is 46.4 Å². The predicted octanol–water partition coefficient (Wildman–Crippen LogP) is 2.48. The van der Waals surface area contributed by atoms with Gasteiger partial charge in [0.15, 0.2) is 0 Å². The van der Waals surface area contributed by atoms with E-state index >= 15 is 0 Å². The number of carbonyl (C=O) groups is 1. The molecule has 1 N–H and O–H groups in total. The van der Waals surface area contributed by atoms with Crippen LogP contribution in [0.2, 0.25) is 0 Å². The van der Waals surface area contributed by atoms with Gasteiger partial charge in [-0.15, -0.1) is 0 Å². The van der Waals surface area contributed by atoms with Gasteiger partial charge >= 0.3 is 5.97 Å². The fourth-order valence-electron chi connectivity index (χ4n) is 1.65. The number of aromatic amines is 1. The van der Waals surface area contributed by atoms with Gasteiger partial charge in [0.05, 0.1) is 0 Å². The number of fused-ring (bicyclic) bond motifs is 1. The minimum Gasteiger partial charge on any atom is -0.455 e. The van der Waals surface area contributed by atoms with Crippen molar-refractivity contribution in [2.24, 2.45) is 0 Å². The van der Waals surface area contributed by atoms with Crippen LogP contribution in [0.15, 0.2) is 35.1 Å². The average Bonchev–Trinajstić information content (AvgIpc) is 2.26. The van der Waals surface area contributed by atoms with Crippen LogP contribution in [0.3, 0.4) is 0 Å². The van der Waals surface area contributed by atoms with E-state index in [0.29, 0.717) is 5.39 Å². The van der Waals surface area contributed by atoms with Crippen molar-refractivity contribution in [1.29, 1.82) is 0 Å². The van der Waals surface area contributed by atoms with Crippen LogP contribution >= 0.6 is 0 Å². The van der Waals surface area contributed by atoms with Crippen LogP contribution in [0.4, 0.5) is 0 Å². The number of rotatable bonds is 1. The molecule has 0 atom stereocenters. The van der Waals surface area contributed by atoms with Crippen molar-refractivity contribution in [3.8, 4) is 0 Å². The summed E-state index contributed by atoms with van der Waals surface area (Å²) in [7, 11) is 0. The van der Waals surface area contributed by atoms with Crippen LogP contribution in [0.1, 0.15) is 31.3 Å². The van der Waals surface area contributed by atoms with Crippen molar-refractivity contribution in [1.82, 2.24) is 4.98 Å². The number of pyridine rings is 1. The van der Waals surface area contributed by atoms with E-state index in [2.05, 4.69) is 4.98 Å². The van der Waals surface area contributed by atoms with Gasteiger partial charge in [0.1, 0.15) is 11.3 Å². The van der Waals surface area contributed by atoms with E-state index in [1.165, 1.54) is 0 Å². The Kier molecular flexibility index (Phi) is 2.95. The first-order valence-corrected chi connectivity index (χ1v) is 5.72. The van der Waals surface area contributed by atoms with Crippen molar-refractivity contribution in [3.63, 3.8) is 0 Å². The quantitative estimate of drug-likeness (QED) is 0.785. The largest absolute Gasteiger partial charge is 0.455 e. The Bertz CT molecular complexity index is 650. The van der Waals surface area contributed by atoms with Crippen LogP contribution in [-0.2, 0) is 4.74 Å². The molecule has 0 bridgehead atoms. The SMILES string of the molecule is CC(C)(C)OC(=O)c1cc2ccccc2c(=O)[nH]1. The summed E-state index contributed by atoms with van der Waals surface area (Å²) >= 11 is 0. The Labute approximate surface area is 105 Å². The minimum atomic E-state index is -0.584. The zero-order chi connectivity index (χ0) is 13.3. The molecule has 0 fully saturated rings. The highest BCUT2D eigenvalue weighted by molar-refractivity contribution is 5.93. The molecule has 94 valence electrons. The standard InChI is InChI=1S/C14H15NO3/c1-14(2,3)18-13(17)11-8-9-6-4-5-7-10(9)12(16)15-11/h4-8H,1-3H3,(H,15,16). The number of nitrogens with one attached hydrogen (secondary N) is 1. The van der Waals surface area contributed by atoms with E-state index in [1.807, 2.05) is 6.07 Å². The van der Waals surface area contributed by atoms with Gasteiger partial charge in [-0.05, 0) is 38.3 Å². The Balaban J connectivity index is 2.47. The fourth-order valence-corrected chi connectivity index (χ4v) is 1.65. The van der Waals surface area contributed by atoms with Gasteiger partial charge in [0.2, 0.25) is 0 Å². The maximum atomic E-state index is 11.9. The summed E-state index contributed by atoms with van der Waals surface area (Å²) < 4.78 is 5.22. The molecule has 0 amide bonds. The predicted molar refractivity (Wildman–Crippen MR) is 69.7 cm³/mol. The second-order valence-electron chi connectivity index (χ2n) is 5.10.